The van der Waals surface area contributed by atoms with Crippen LogP contribution in [0.3, 0.4) is 0 Å². The fourth-order valence-corrected chi connectivity index (χ4v) is 3.47. The van der Waals surface area contributed by atoms with Crippen molar-refractivity contribution < 1.29 is 14.2 Å². The van der Waals surface area contributed by atoms with E-state index in [-0.39, 0.29) is 0 Å². The average molecular weight is 455 g/mol. The van der Waals surface area contributed by atoms with Crippen molar-refractivity contribution >= 4 is 27.1 Å². The maximum Gasteiger partial charge on any atom is 0.213 e. The Bertz CT molecular complexity index is 1150. The molecule has 8 heteroatoms. The number of halogens is 1. The van der Waals surface area contributed by atoms with Crippen LogP contribution in [0, 0.1) is 0 Å². The number of hydrogen-bond donors (Lipinski definition) is 0. The molecule has 0 fully saturated rings. The highest BCUT2D eigenvalue weighted by atomic mass is 79.9. The number of hydrogen-bond acceptors (Lipinski definition) is 6. The Morgan fingerprint density at radius 3 is 2.41 bits per heavy atom. The number of methoxy groups -OCH3 is 2. The van der Waals surface area contributed by atoms with Crippen molar-refractivity contribution in [2.45, 2.75) is 6.92 Å². The summed E-state index contributed by atoms with van der Waals surface area (Å²) < 4.78 is 19.6. The summed E-state index contributed by atoms with van der Waals surface area (Å²) in [5, 5.41) is 0. The number of benzene rings is 1. The van der Waals surface area contributed by atoms with Gasteiger partial charge in [-0.15, -0.1) is 0 Å². The van der Waals surface area contributed by atoms with Crippen LogP contribution in [-0.2, 0) is 0 Å². The molecule has 0 atom stereocenters. The summed E-state index contributed by atoms with van der Waals surface area (Å²) in [7, 11) is 3.25. The number of para-hydroxylation sites is 1. The van der Waals surface area contributed by atoms with Crippen molar-refractivity contribution in [2.24, 2.45) is 0 Å². The first-order chi connectivity index (χ1) is 14.2. The minimum Gasteiger partial charge on any atom is -0.494 e. The van der Waals surface area contributed by atoms with Gasteiger partial charge in [0.25, 0.3) is 0 Å². The second kappa shape index (κ2) is 8.08. The van der Waals surface area contributed by atoms with Gasteiger partial charge in [-0.25, -0.2) is 15.0 Å². The van der Waals surface area contributed by atoms with E-state index in [1.807, 2.05) is 54.0 Å². The monoisotopic (exact) mass is 454 g/mol. The Morgan fingerprint density at radius 1 is 1.00 bits per heavy atom. The SMILES string of the molecule is CCOc1cccc(-c2nc3ncc(Br)cc3n2-c2c(OC)cccc2OC)n1. The first-order valence-electron chi connectivity index (χ1n) is 9.01. The zero-order valence-electron chi connectivity index (χ0n) is 16.2. The molecule has 0 aliphatic carbocycles. The molecule has 0 radical (unpaired) electrons. The lowest BCUT2D eigenvalue weighted by Crippen LogP contribution is -2.04. The van der Waals surface area contributed by atoms with E-state index in [1.165, 1.54) is 0 Å². The lowest BCUT2D eigenvalue weighted by molar-refractivity contribution is 0.327. The van der Waals surface area contributed by atoms with Gasteiger partial charge in [0.05, 0.1) is 26.3 Å². The first kappa shape index (κ1) is 19.2. The summed E-state index contributed by atoms with van der Waals surface area (Å²) in [4.78, 5) is 13.8. The third-order valence-corrected chi connectivity index (χ3v) is 4.78. The van der Waals surface area contributed by atoms with E-state index >= 15 is 0 Å². The summed E-state index contributed by atoms with van der Waals surface area (Å²) in [6, 6.07) is 13.2. The standard InChI is InChI=1S/C21H19BrN4O3/c1-4-29-18-10-5-7-14(24-18)21-25-20-15(11-13(22)12-23-20)26(21)19-16(27-2)8-6-9-17(19)28-3/h5-12H,4H2,1-3H3. The van der Waals surface area contributed by atoms with E-state index in [2.05, 4.69) is 25.9 Å². The molecule has 0 spiro atoms. The Hall–Kier alpha value is -3.13. The summed E-state index contributed by atoms with van der Waals surface area (Å²) >= 11 is 3.51. The quantitative estimate of drug-likeness (QED) is 0.421. The summed E-state index contributed by atoms with van der Waals surface area (Å²) in [6.07, 6.45) is 1.72. The second-order valence-corrected chi connectivity index (χ2v) is 6.99. The van der Waals surface area contributed by atoms with Crippen molar-refractivity contribution in [2.75, 3.05) is 20.8 Å². The van der Waals surface area contributed by atoms with Gasteiger partial charge >= 0.3 is 0 Å². The van der Waals surface area contributed by atoms with Gasteiger partial charge in [0.15, 0.2) is 11.5 Å². The van der Waals surface area contributed by atoms with Crippen LogP contribution in [0.2, 0.25) is 0 Å². The van der Waals surface area contributed by atoms with E-state index < -0.39 is 0 Å². The van der Waals surface area contributed by atoms with Gasteiger partial charge in [0.1, 0.15) is 22.9 Å². The molecular formula is C21H19BrN4O3. The van der Waals surface area contributed by atoms with Gasteiger partial charge in [-0.05, 0) is 47.1 Å². The number of pyridine rings is 2. The minimum absolute atomic E-state index is 0.529. The van der Waals surface area contributed by atoms with E-state index in [0.29, 0.717) is 41.2 Å². The maximum atomic E-state index is 5.64. The molecule has 4 aromatic rings. The van der Waals surface area contributed by atoms with Gasteiger partial charge in [0.2, 0.25) is 5.88 Å². The van der Waals surface area contributed by atoms with Gasteiger partial charge in [0, 0.05) is 16.7 Å². The second-order valence-electron chi connectivity index (χ2n) is 6.07. The van der Waals surface area contributed by atoms with Gasteiger partial charge in [-0.2, -0.15) is 0 Å². The molecule has 7 nitrogen and oxygen atoms in total. The van der Waals surface area contributed by atoms with Crippen LogP contribution < -0.4 is 14.2 Å². The van der Waals surface area contributed by atoms with Crippen molar-refractivity contribution in [3.05, 3.63) is 53.1 Å². The normalized spacial score (nSPS) is 10.9. The van der Waals surface area contributed by atoms with Crippen molar-refractivity contribution in [1.29, 1.82) is 0 Å². The molecule has 0 aliphatic rings. The topological polar surface area (TPSA) is 71.3 Å². The van der Waals surface area contributed by atoms with E-state index in [9.17, 15) is 0 Å². The van der Waals surface area contributed by atoms with Crippen molar-refractivity contribution in [3.8, 4) is 34.6 Å². The smallest absolute Gasteiger partial charge is 0.213 e. The molecule has 0 N–H and O–H groups in total. The van der Waals surface area contributed by atoms with E-state index in [1.54, 1.807) is 20.4 Å². The molecule has 3 heterocycles. The minimum atomic E-state index is 0.529. The molecule has 148 valence electrons. The molecule has 0 aliphatic heterocycles. The molecule has 0 bridgehead atoms. The van der Waals surface area contributed by atoms with Crippen LogP contribution in [-0.4, -0.2) is 40.3 Å². The fourth-order valence-electron chi connectivity index (χ4n) is 3.15. The lowest BCUT2D eigenvalue weighted by atomic mass is 10.2. The van der Waals surface area contributed by atoms with Crippen molar-refractivity contribution in [1.82, 2.24) is 19.5 Å². The Kier molecular flexibility index (Phi) is 5.35. The van der Waals surface area contributed by atoms with Gasteiger partial charge in [-0.1, -0.05) is 12.1 Å². The van der Waals surface area contributed by atoms with Crippen LogP contribution in [0.5, 0.6) is 17.4 Å². The molecule has 0 amide bonds. The fraction of sp³-hybridized carbons (Fsp3) is 0.190. The summed E-state index contributed by atoms with van der Waals surface area (Å²) in [6.45, 7) is 2.45. The van der Waals surface area contributed by atoms with E-state index in [0.717, 1.165) is 15.7 Å². The van der Waals surface area contributed by atoms with Crippen LogP contribution in [0.1, 0.15) is 6.92 Å². The van der Waals surface area contributed by atoms with Crippen LogP contribution >= 0.6 is 15.9 Å². The van der Waals surface area contributed by atoms with Gasteiger partial charge < -0.3 is 14.2 Å². The van der Waals surface area contributed by atoms with Crippen LogP contribution in [0.15, 0.2) is 53.1 Å². The average Bonchev–Trinajstić information content (AvgIpc) is 3.11. The van der Waals surface area contributed by atoms with Crippen LogP contribution in [0.4, 0.5) is 0 Å². The third kappa shape index (κ3) is 3.51. The third-order valence-electron chi connectivity index (χ3n) is 4.35. The molecule has 0 saturated heterocycles. The number of imidazole rings is 1. The maximum absolute atomic E-state index is 5.64. The largest absolute Gasteiger partial charge is 0.494 e. The van der Waals surface area contributed by atoms with Crippen molar-refractivity contribution in [3.63, 3.8) is 0 Å². The Morgan fingerprint density at radius 2 is 1.72 bits per heavy atom. The predicted molar refractivity (Wildman–Crippen MR) is 114 cm³/mol. The van der Waals surface area contributed by atoms with Crippen LogP contribution in [0.25, 0.3) is 28.4 Å². The molecular weight excluding hydrogens is 436 g/mol. The number of aromatic nitrogens is 4. The molecule has 0 unspecified atom stereocenters. The Balaban J connectivity index is 2.07. The molecule has 29 heavy (non-hydrogen) atoms. The zero-order valence-corrected chi connectivity index (χ0v) is 17.8. The summed E-state index contributed by atoms with van der Waals surface area (Å²) in [5.74, 6) is 2.43. The molecule has 4 rings (SSSR count). The molecule has 3 aromatic heterocycles. The zero-order chi connectivity index (χ0) is 20.4. The number of rotatable bonds is 6. The lowest BCUT2D eigenvalue weighted by Gasteiger charge is -2.16. The summed E-state index contributed by atoms with van der Waals surface area (Å²) in [5.41, 5.74) is 2.75. The van der Waals surface area contributed by atoms with E-state index in [4.69, 9.17) is 19.2 Å². The molecule has 0 saturated carbocycles. The number of ether oxygens (including phenoxy) is 3. The first-order valence-corrected chi connectivity index (χ1v) is 9.81. The highest BCUT2D eigenvalue weighted by Gasteiger charge is 2.22. The van der Waals surface area contributed by atoms with Gasteiger partial charge in [-0.3, -0.25) is 4.57 Å². The predicted octanol–water partition coefficient (Wildman–Crippen LogP) is 4.66. The number of fused-ring (bicyclic) bond motifs is 1. The highest BCUT2D eigenvalue weighted by molar-refractivity contribution is 9.10. The highest BCUT2D eigenvalue weighted by Crippen LogP contribution is 2.38. The number of nitrogens with zero attached hydrogens (tertiary/aromatic N) is 4. The molecule has 1 aromatic carbocycles. The Labute approximate surface area is 176 Å².